The average molecular weight is 392 g/mol. The van der Waals surface area contributed by atoms with E-state index in [2.05, 4.69) is 10.2 Å². The number of benzene rings is 1. The lowest BCUT2D eigenvalue weighted by Gasteiger charge is -2.37. The Hall–Kier alpha value is -1.59. The van der Waals surface area contributed by atoms with Gasteiger partial charge in [-0.25, -0.2) is 0 Å². The molecular formula is C21H30ClN3O2. The number of rotatable bonds is 5. The topological polar surface area (TPSA) is 52.7 Å². The van der Waals surface area contributed by atoms with Crippen LogP contribution in [0.4, 0.5) is 0 Å². The molecule has 2 saturated heterocycles. The smallest absolute Gasteiger partial charge is 0.237 e. The first-order valence-electron chi connectivity index (χ1n) is 10.1. The monoisotopic (exact) mass is 391 g/mol. The molecule has 3 rings (SSSR count). The van der Waals surface area contributed by atoms with Crippen molar-refractivity contribution in [2.45, 2.75) is 51.6 Å². The second-order valence-corrected chi connectivity index (χ2v) is 8.09. The number of halogens is 1. The first-order chi connectivity index (χ1) is 13.1. The fraction of sp³-hybridized carbons (Fsp3) is 0.619. The van der Waals surface area contributed by atoms with E-state index in [1.807, 2.05) is 36.1 Å². The van der Waals surface area contributed by atoms with E-state index in [0.717, 1.165) is 57.4 Å². The van der Waals surface area contributed by atoms with Crippen LogP contribution in [0.2, 0.25) is 5.02 Å². The van der Waals surface area contributed by atoms with E-state index in [1.54, 1.807) is 0 Å². The van der Waals surface area contributed by atoms with Crippen LogP contribution in [0.5, 0.6) is 0 Å². The molecule has 1 aromatic rings. The largest absolute Gasteiger partial charge is 0.351 e. The summed E-state index contributed by atoms with van der Waals surface area (Å²) in [5.41, 5.74) is 0.922. The van der Waals surface area contributed by atoms with Crippen LogP contribution in [-0.2, 0) is 16.1 Å². The molecule has 6 heteroatoms. The number of hydrogen-bond acceptors (Lipinski definition) is 3. The Labute approximate surface area is 167 Å². The Morgan fingerprint density at radius 3 is 2.44 bits per heavy atom. The summed E-state index contributed by atoms with van der Waals surface area (Å²) in [4.78, 5) is 29.4. The third-order valence-corrected chi connectivity index (χ3v) is 6.25. The van der Waals surface area contributed by atoms with Gasteiger partial charge in [-0.15, -0.1) is 0 Å². The van der Waals surface area contributed by atoms with Crippen LogP contribution in [0.15, 0.2) is 24.3 Å². The Balaban J connectivity index is 1.44. The molecule has 5 nitrogen and oxygen atoms in total. The van der Waals surface area contributed by atoms with Crippen LogP contribution in [0.3, 0.4) is 0 Å². The molecule has 1 aromatic carbocycles. The molecule has 1 unspecified atom stereocenters. The van der Waals surface area contributed by atoms with Crippen molar-refractivity contribution in [2.75, 3.05) is 26.2 Å². The van der Waals surface area contributed by atoms with Gasteiger partial charge in [0.2, 0.25) is 11.8 Å². The van der Waals surface area contributed by atoms with Gasteiger partial charge >= 0.3 is 0 Å². The molecule has 27 heavy (non-hydrogen) atoms. The van der Waals surface area contributed by atoms with Gasteiger partial charge in [-0.2, -0.15) is 0 Å². The quantitative estimate of drug-likeness (QED) is 0.839. The van der Waals surface area contributed by atoms with Crippen molar-refractivity contribution in [2.24, 2.45) is 5.92 Å². The molecule has 0 saturated carbocycles. The fourth-order valence-electron chi connectivity index (χ4n) is 4.04. The molecule has 0 spiro atoms. The molecule has 2 fully saturated rings. The lowest BCUT2D eigenvalue weighted by Crippen LogP contribution is -2.50. The van der Waals surface area contributed by atoms with E-state index < -0.39 is 0 Å². The third-order valence-electron chi connectivity index (χ3n) is 5.88. The maximum Gasteiger partial charge on any atom is 0.237 e. The van der Waals surface area contributed by atoms with E-state index in [9.17, 15) is 9.59 Å². The van der Waals surface area contributed by atoms with Crippen LogP contribution < -0.4 is 5.32 Å². The summed E-state index contributed by atoms with van der Waals surface area (Å²) in [7, 11) is 0. The van der Waals surface area contributed by atoms with Gasteiger partial charge in [0.1, 0.15) is 0 Å². The molecule has 1 N–H and O–H groups in total. The highest BCUT2D eigenvalue weighted by molar-refractivity contribution is 6.31. The zero-order valence-electron chi connectivity index (χ0n) is 16.1. The van der Waals surface area contributed by atoms with Gasteiger partial charge in [-0.3, -0.25) is 14.5 Å². The second kappa shape index (κ2) is 9.56. The van der Waals surface area contributed by atoms with E-state index in [-0.39, 0.29) is 17.9 Å². The molecule has 1 atom stereocenters. The average Bonchev–Trinajstić information content (AvgIpc) is 2.72. The number of carbonyl (C=O) groups excluding carboxylic acids is 2. The van der Waals surface area contributed by atoms with E-state index >= 15 is 0 Å². The van der Waals surface area contributed by atoms with Gasteiger partial charge in [0.15, 0.2) is 0 Å². The van der Waals surface area contributed by atoms with Gasteiger partial charge in [0, 0.05) is 30.6 Å². The van der Waals surface area contributed by atoms with Gasteiger partial charge in [0.25, 0.3) is 0 Å². The molecule has 0 aliphatic carbocycles. The zero-order chi connectivity index (χ0) is 19.2. The van der Waals surface area contributed by atoms with Crippen molar-refractivity contribution in [1.29, 1.82) is 0 Å². The standard InChI is InChI=1S/C21H30ClN3O2/c1-16(20(26)23-15-18-7-3-4-8-19(18)22)24-13-9-17(10-14-24)21(27)25-11-5-2-6-12-25/h3-4,7-8,16-17H,2,5-6,9-15H2,1H3,(H,23,26). The minimum Gasteiger partial charge on any atom is -0.351 e. The molecule has 2 aliphatic rings. The summed E-state index contributed by atoms with van der Waals surface area (Å²) in [6.45, 7) is 5.80. The van der Waals surface area contributed by atoms with Gasteiger partial charge in [-0.1, -0.05) is 29.8 Å². The van der Waals surface area contributed by atoms with Gasteiger partial charge in [0.05, 0.1) is 6.04 Å². The number of carbonyl (C=O) groups is 2. The maximum atomic E-state index is 12.7. The van der Waals surface area contributed by atoms with Crippen LogP contribution in [0.1, 0.15) is 44.6 Å². The van der Waals surface area contributed by atoms with Crippen molar-refractivity contribution in [3.05, 3.63) is 34.9 Å². The third kappa shape index (κ3) is 5.23. The van der Waals surface area contributed by atoms with Crippen molar-refractivity contribution < 1.29 is 9.59 Å². The normalized spacial score (nSPS) is 20.3. The second-order valence-electron chi connectivity index (χ2n) is 7.68. The summed E-state index contributed by atoms with van der Waals surface area (Å²) >= 11 is 6.15. The number of likely N-dealkylation sites (tertiary alicyclic amines) is 2. The molecule has 0 radical (unpaired) electrons. The molecule has 2 amide bonds. The molecule has 2 aliphatic heterocycles. The zero-order valence-corrected chi connectivity index (χ0v) is 16.9. The van der Waals surface area contributed by atoms with E-state index in [4.69, 9.17) is 11.6 Å². The summed E-state index contributed by atoms with van der Waals surface area (Å²) < 4.78 is 0. The van der Waals surface area contributed by atoms with Crippen LogP contribution in [0, 0.1) is 5.92 Å². The highest BCUT2D eigenvalue weighted by Gasteiger charge is 2.32. The Kier molecular flexibility index (Phi) is 7.13. The number of hydrogen-bond donors (Lipinski definition) is 1. The first kappa shape index (κ1) is 20.2. The number of nitrogens with one attached hydrogen (secondary N) is 1. The number of nitrogens with zero attached hydrogens (tertiary/aromatic N) is 2. The minimum absolute atomic E-state index is 0.00993. The number of amides is 2. The highest BCUT2D eigenvalue weighted by Crippen LogP contribution is 2.23. The van der Waals surface area contributed by atoms with Crippen molar-refractivity contribution >= 4 is 23.4 Å². The van der Waals surface area contributed by atoms with Gasteiger partial charge < -0.3 is 10.2 Å². The molecule has 0 aromatic heterocycles. The minimum atomic E-state index is -0.196. The van der Waals surface area contributed by atoms with E-state index in [0.29, 0.717) is 17.5 Å². The van der Waals surface area contributed by atoms with Crippen LogP contribution in [-0.4, -0.2) is 53.8 Å². The van der Waals surface area contributed by atoms with Crippen molar-refractivity contribution in [1.82, 2.24) is 15.1 Å². The summed E-state index contributed by atoms with van der Waals surface area (Å²) in [6.07, 6.45) is 5.19. The van der Waals surface area contributed by atoms with Gasteiger partial charge in [-0.05, 0) is 63.7 Å². The first-order valence-corrected chi connectivity index (χ1v) is 10.5. The predicted octanol–water partition coefficient (Wildman–Crippen LogP) is 3.07. The summed E-state index contributed by atoms with van der Waals surface area (Å²) in [5, 5.41) is 3.65. The summed E-state index contributed by atoms with van der Waals surface area (Å²) in [6, 6.07) is 7.35. The fourth-order valence-corrected chi connectivity index (χ4v) is 4.25. The van der Waals surface area contributed by atoms with Crippen LogP contribution in [0.25, 0.3) is 0 Å². The lowest BCUT2D eigenvalue weighted by molar-refractivity contribution is -0.138. The Morgan fingerprint density at radius 1 is 1.11 bits per heavy atom. The van der Waals surface area contributed by atoms with Crippen molar-refractivity contribution in [3.63, 3.8) is 0 Å². The summed E-state index contributed by atoms with van der Waals surface area (Å²) in [5.74, 6) is 0.457. The molecule has 0 bridgehead atoms. The molecular weight excluding hydrogens is 362 g/mol. The SMILES string of the molecule is CC(C(=O)NCc1ccccc1Cl)N1CCC(C(=O)N2CCCCC2)CC1. The highest BCUT2D eigenvalue weighted by atomic mass is 35.5. The van der Waals surface area contributed by atoms with Crippen LogP contribution >= 0.6 is 11.6 Å². The molecule has 148 valence electrons. The number of piperidine rings is 2. The molecule has 2 heterocycles. The maximum absolute atomic E-state index is 12.7. The van der Waals surface area contributed by atoms with Crippen molar-refractivity contribution in [3.8, 4) is 0 Å². The Bertz CT molecular complexity index is 653. The predicted molar refractivity (Wildman–Crippen MR) is 107 cm³/mol. The van der Waals surface area contributed by atoms with E-state index in [1.165, 1.54) is 6.42 Å². The Morgan fingerprint density at radius 2 is 1.78 bits per heavy atom. The lowest BCUT2D eigenvalue weighted by atomic mass is 9.93.